The van der Waals surface area contributed by atoms with Crippen LogP contribution in [0.2, 0.25) is 0 Å². The second kappa shape index (κ2) is 8.90. The van der Waals surface area contributed by atoms with Crippen molar-refractivity contribution in [1.29, 1.82) is 0 Å². The first-order valence-electron chi connectivity index (χ1n) is 10.2. The molecule has 0 aliphatic carbocycles. The van der Waals surface area contributed by atoms with Gasteiger partial charge in [0.2, 0.25) is 5.91 Å². The highest BCUT2D eigenvalue weighted by Crippen LogP contribution is 2.25. The Bertz CT molecular complexity index is 1200. The molecule has 0 fully saturated rings. The van der Waals surface area contributed by atoms with E-state index in [9.17, 15) is 4.79 Å². The standard InChI is InChI=1S/C21H24N8O2/c1-4-14(5-2)19(30)24-18-12-8-9-15(22-18)13-31-21-23-16-10-6-7-11-17(16)29(21)20-25-26-27-28(20)3/h6-12,14H,4-5,13H2,1-3H3,(H,22,24,30). The van der Waals surface area contributed by atoms with E-state index in [2.05, 4.69) is 30.8 Å². The van der Waals surface area contributed by atoms with Gasteiger partial charge in [0, 0.05) is 13.0 Å². The summed E-state index contributed by atoms with van der Waals surface area (Å²) in [6, 6.07) is 13.4. The number of tetrazole rings is 1. The number of hydrogen-bond acceptors (Lipinski definition) is 7. The predicted octanol–water partition coefficient (Wildman–Crippen LogP) is 2.90. The van der Waals surface area contributed by atoms with E-state index in [4.69, 9.17) is 4.74 Å². The topological polar surface area (TPSA) is 113 Å². The largest absolute Gasteiger partial charge is 0.458 e. The molecule has 3 heterocycles. The van der Waals surface area contributed by atoms with Gasteiger partial charge in [0.25, 0.3) is 5.95 Å². The number of carbonyl (C=O) groups excluding carboxylic acids is 1. The maximum atomic E-state index is 12.4. The number of aromatic nitrogens is 7. The molecule has 0 saturated heterocycles. The van der Waals surface area contributed by atoms with E-state index in [1.807, 2.05) is 50.2 Å². The average Bonchev–Trinajstić information content (AvgIpc) is 3.35. The zero-order valence-electron chi connectivity index (χ0n) is 17.7. The molecule has 0 spiro atoms. The molecule has 0 aliphatic heterocycles. The molecule has 1 aromatic carbocycles. The van der Waals surface area contributed by atoms with Gasteiger partial charge in [-0.05, 0) is 47.5 Å². The van der Waals surface area contributed by atoms with E-state index in [0.29, 0.717) is 23.5 Å². The lowest BCUT2D eigenvalue weighted by Crippen LogP contribution is -2.22. The van der Waals surface area contributed by atoms with Gasteiger partial charge in [-0.15, -0.1) is 0 Å². The molecule has 31 heavy (non-hydrogen) atoms. The molecule has 0 saturated carbocycles. The van der Waals surface area contributed by atoms with Gasteiger partial charge in [-0.1, -0.05) is 37.1 Å². The highest BCUT2D eigenvalue weighted by molar-refractivity contribution is 5.91. The summed E-state index contributed by atoms with van der Waals surface area (Å²) in [4.78, 5) is 21.4. The zero-order valence-corrected chi connectivity index (χ0v) is 17.7. The number of amides is 1. The summed E-state index contributed by atoms with van der Waals surface area (Å²) in [5, 5.41) is 14.6. The number of pyridine rings is 1. The van der Waals surface area contributed by atoms with Gasteiger partial charge in [0.15, 0.2) is 0 Å². The number of rotatable bonds is 8. The fraction of sp³-hybridized carbons (Fsp3) is 0.333. The number of aryl methyl sites for hydroxylation is 1. The van der Waals surface area contributed by atoms with Gasteiger partial charge < -0.3 is 10.1 Å². The summed E-state index contributed by atoms with van der Waals surface area (Å²) in [7, 11) is 1.75. The predicted molar refractivity (Wildman–Crippen MR) is 115 cm³/mol. The minimum Gasteiger partial charge on any atom is -0.458 e. The SMILES string of the molecule is CCC(CC)C(=O)Nc1cccc(COc2nc3ccccc3n2-c2nnnn2C)n1. The fourth-order valence-electron chi connectivity index (χ4n) is 3.36. The summed E-state index contributed by atoms with van der Waals surface area (Å²) < 4.78 is 9.31. The molecule has 10 heteroatoms. The summed E-state index contributed by atoms with van der Waals surface area (Å²) >= 11 is 0. The number of carbonyl (C=O) groups is 1. The normalized spacial score (nSPS) is 11.2. The van der Waals surface area contributed by atoms with Crippen molar-refractivity contribution in [1.82, 2.24) is 34.7 Å². The molecule has 0 atom stereocenters. The van der Waals surface area contributed by atoms with Crippen molar-refractivity contribution in [3.63, 3.8) is 0 Å². The van der Waals surface area contributed by atoms with Gasteiger partial charge in [-0.2, -0.15) is 4.98 Å². The van der Waals surface area contributed by atoms with Crippen molar-refractivity contribution in [2.24, 2.45) is 13.0 Å². The Morgan fingerprint density at radius 1 is 1.10 bits per heavy atom. The number of fused-ring (bicyclic) bond motifs is 1. The Morgan fingerprint density at radius 2 is 1.90 bits per heavy atom. The van der Waals surface area contributed by atoms with Crippen molar-refractivity contribution in [3.05, 3.63) is 48.2 Å². The van der Waals surface area contributed by atoms with Crippen LogP contribution in [0.1, 0.15) is 32.4 Å². The molecule has 160 valence electrons. The van der Waals surface area contributed by atoms with Crippen LogP contribution in [0, 0.1) is 5.92 Å². The number of benzene rings is 1. The molecule has 3 aromatic heterocycles. The third kappa shape index (κ3) is 4.23. The second-order valence-corrected chi connectivity index (χ2v) is 7.13. The van der Waals surface area contributed by atoms with Gasteiger partial charge in [0.05, 0.1) is 16.7 Å². The van der Waals surface area contributed by atoms with Crippen LogP contribution in [0.25, 0.3) is 17.0 Å². The van der Waals surface area contributed by atoms with E-state index >= 15 is 0 Å². The molecule has 4 rings (SSSR count). The van der Waals surface area contributed by atoms with Crippen LogP contribution in [0.15, 0.2) is 42.5 Å². The number of hydrogen-bond donors (Lipinski definition) is 1. The number of ether oxygens (including phenoxy) is 1. The lowest BCUT2D eigenvalue weighted by atomic mass is 10.0. The molecular formula is C21H24N8O2. The van der Waals surface area contributed by atoms with Gasteiger partial charge in [0.1, 0.15) is 12.4 Å². The molecular weight excluding hydrogens is 396 g/mol. The van der Waals surface area contributed by atoms with Gasteiger partial charge in [-0.3, -0.25) is 4.79 Å². The van der Waals surface area contributed by atoms with Gasteiger partial charge >= 0.3 is 6.01 Å². The van der Waals surface area contributed by atoms with Crippen molar-refractivity contribution >= 4 is 22.8 Å². The maximum Gasteiger partial charge on any atom is 0.305 e. The first-order chi connectivity index (χ1) is 15.1. The Balaban J connectivity index is 1.56. The van der Waals surface area contributed by atoms with Crippen LogP contribution in [0.5, 0.6) is 6.01 Å². The quantitative estimate of drug-likeness (QED) is 0.466. The Morgan fingerprint density at radius 3 is 2.65 bits per heavy atom. The van der Waals surface area contributed by atoms with E-state index in [-0.39, 0.29) is 18.4 Å². The molecule has 10 nitrogen and oxygen atoms in total. The second-order valence-electron chi connectivity index (χ2n) is 7.13. The van der Waals surface area contributed by atoms with E-state index in [1.54, 1.807) is 22.4 Å². The Labute approximate surface area is 179 Å². The first-order valence-corrected chi connectivity index (χ1v) is 10.2. The van der Waals surface area contributed by atoms with E-state index in [1.165, 1.54) is 0 Å². The number of para-hydroxylation sites is 2. The molecule has 4 aromatic rings. The number of nitrogens with one attached hydrogen (secondary N) is 1. The number of imidazole rings is 1. The molecule has 0 bridgehead atoms. The van der Waals surface area contributed by atoms with E-state index < -0.39 is 0 Å². The third-order valence-corrected chi connectivity index (χ3v) is 5.09. The van der Waals surface area contributed by atoms with Crippen LogP contribution < -0.4 is 10.1 Å². The van der Waals surface area contributed by atoms with Crippen LogP contribution in [0.4, 0.5) is 5.82 Å². The monoisotopic (exact) mass is 420 g/mol. The highest BCUT2D eigenvalue weighted by Gasteiger charge is 2.18. The molecule has 0 unspecified atom stereocenters. The summed E-state index contributed by atoms with van der Waals surface area (Å²) in [6.07, 6.45) is 1.58. The first kappa shape index (κ1) is 20.5. The molecule has 1 amide bonds. The van der Waals surface area contributed by atoms with Crippen LogP contribution in [-0.2, 0) is 18.4 Å². The molecule has 0 aliphatic rings. The van der Waals surface area contributed by atoms with E-state index in [0.717, 1.165) is 23.9 Å². The average molecular weight is 420 g/mol. The van der Waals surface area contributed by atoms with Crippen molar-refractivity contribution < 1.29 is 9.53 Å². The molecule has 0 radical (unpaired) electrons. The number of nitrogens with zero attached hydrogens (tertiary/aromatic N) is 7. The van der Waals surface area contributed by atoms with Crippen LogP contribution in [-0.4, -0.2) is 40.6 Å². The number of anilines is 1. The third-order valence-electron chi connectivity index (χ3n) is 5.09. The van der Waals surface area contributed by atoms with Crippen molar-refractivity contribution in [2.45, 2.75) is 33.3 Å². The minimum atomic E-state index is -0.0263. The minimum absolute atomic E-state index is 0.0212. The van der Waals surface area contributed by atoms with Crippen molar-refractivity contribution in [2.75, 3.05) is 5.32 Å². The Hall–Kier alpha value is -3.82. The van der Waals surface area contributed by atoms with Crippen LogP contribution in [0.3, 0.4) is 0 Å². The summed E-state index contributed by atoms with van der Waals surface area (Å²) in [5.74, 6) is 0.945. The lowest BCUT2D eigenvalue weighted by Gasteiger charge is -2.13. The van der Waals surface area contributed by atoms with Crippen LogP contribution >= 0.6 is 0 Å². The van der Waals surface area contributed by atoms with Crippen molar-refractivity contribution in [3.8, 4) is 12.0 Å². The Kier molecular flexibility index (Phi) is 5.87. The smallest absolute Gasteiger partial charge is 0.305 e. The maximum absolute atomic E-state index is 12.4. The summed E-state index contributed by atoms with van der Waals surface area (Å²) in [6.45, 7) is 4.18. The molecule has 1 N–H and O–H groups in total. The fourth-order valence-corrected chi connectivity index (χ4v) is 3.36. The summed E-state index contributed by atoms with van der Waals surface area (Å²) in [5.41, 5.74) is 2.26. The zero-order chi connectivity index (χ0) is 21.8. The highest BCUT2D eigenvalue weighted by atomic mass is 16.5. The van der Waals surface area contributed by atoms with Gasteiger partial charge in [-0.25, -0.2) is 14.2 Å². The lowest BCUT2D eigenvalue weighted by molar-refractivity contribution is -0.120.